The smallest absolute Gasteiger partial charge is 0.00128 e. The van der Waals surface area contributed by atoms with Gasteiger partial charge in [0.25, 0.3) is 0 Å². The Morgan fingerprint density at radius 2 is 2.17 bits per heavy atom. The van der Waals surface area contributed by atoms with E-state index in [1.54, 1.807) is 0 Å². The first kappa shape index (κ1) is 10.0. The van der Waals surface area contributed by atoms with Crippen LogP contribution in [0.5, 0.6) is 0 Å². The lowest BCUT2D eigenvalue weighted by Gasteiger charge is -2.25. The molecule has 1 heteroatoms. The van der Waals surface area contributed by atoms with Gasteiger partial charge in [-0.2, -0.15) is 0 Å². The number of hydrogen-bond donors (Lipinski definition) is 0. The number of rotatable bonds is 5. The van der Waals surface area contributed by atoms with Crippen molar-refractivity contribution in [3.8, 4) is 0 Å². The van der Waals surface area contributed by atoms with Crippen molar-refractivity contribution < 1.29 is 0 Å². The SMILES string of the molecule is CCCCCCN1C[CH]CCC1. The lowest BCUT2D eigenvalue weighted by atomic mass is 10.1. The first-order valence-corrected chi connectivity index (χ1v) is 5.47. The van der Waals surface area contributed by atoms with Crippen LogP contribution in [-0.4, -0.2) is 24.5 Å². The summed E-state index contributed by atoms with van der Waals surface area (Å²) in [5.41, 5.74) is 0. The summed E-state index contributed by atoms with van der Waals surface area (Å²) in [5.74, 6) is 0. The summed E-state index contributed by atoms with van der Waals surface area (Å²) in [7, 11) is 0. The average Bonchev–Trinajstić information content (AvgIpc) is 2.14. The first-order chi connectivity index (χ1) is 5.93. The van der Waals surface area contributed by atoms with Crippen LogP contribution in [0.15, 0.2) is 0 Å². The van der Waals surface area contributed by atoms with Gasteiger partial charge in [-0.1, -0.05) is 26.2 Å². The van der Waals surface area contributed by atoms with Gasteiger partial charge in [-0.25, -0.2) is 0 Å². The molecule has 12 heavy (non-hydrogen) atoms. The minimum absolute atomic E-state index is 1.24. The third-order valence-electron chi connectivity index (χ3n) is 2.60. The zero-order chi connectivity index (χ0) is 8.65. The van der Waals surface area contributed by atoms with Crippen LogP contribution in [0.25, 0.3) is 0 Å². The molecule has 0 spiro atoms. The second-order valence-electron chi connectivity index (χ2n) is 3.79. The van der Waals surface area contributed by atoms with E-state index in [2.05, 4.69) is 18.2 Å². The molecule has 0 saturated carbocycles. The molecule has 0 aliphatic carbocycles. The molecule has 0 amide bonds. The molecule has 0 atom stereocenters. The largest absolute Gasteiger partial charge is 0.303 e. The molecule has 1 radical (unpaired) electrons. The fourth-order valence-electron chi connectivity index (χ4n) is 1.79. The van der Waals surface area contributed by atoms with Gasteiger partial charge in [0.2, 0.25) is 0 Å². The normalized spacial score (nSPS) is 19.8. The molecular formula is C11H22N. The van der Waals surface area contributed by atoms with Crippen LogP contribution in [-0.2, 0) is 0 Å². The predicted octanol–water partition coefficient (Wildman–Crippen LogP) is 2.87. The van der Waals surface area contributed by atoms with E-state index in [0.717, 1.165) is 0 Å². The van der Waals surface area contributed by atoms with E-state index in [1.165, 1.54) is 58.2 Å². The van der Waals surface area contributed by atoms with Crippen molar-refractivity contribution in [3.63, 3.8) is 0 Å². The fourth-order valence-corrected chi connectivity index (χ4v) is 1.79. The summed E-state index contributed by atoms with van der Waals surface area (Å²) >= 11 is 0. The van der Waals surface area contributed by atoms with Gasteiger partial charge in [0.15, 0.2) is 0 Å². The highest BCUT2D eigenvalue weighted by molar-refractivity contribution is 4.77. The molecule has 1 heterocycles. The van der Waals surface area contributed by atoms with Crippen LogP contribution >= 0.6 is 0 Å². The standard InChI is InChI=1S/C11H22N/c1-2-3-4-6-9-12-10-7-5-8-11-12/h7H,2-6,8-11H2,1H3. The van der Waals surface area contributed by atoms with Crippen molar-refractivity contribution in [2.45, 2.75) is 45.4 Å². The highest BCUT2D eigenvalue weighted by Gasteiger charge is 2.08. The maximum atomic E-state index is 2.58. The Morgan fingerprint density at radius 3 is 2.83 bits per heavy atom. The molecule has 1 fully saturated rings. The summed E-state index contributed by atoms with van der Waals surface area (Å²) in [5, 5.41) is 0. The molecule has 1 aliphatic rings. The zero-order valence-electron chi connectivity index (χ0n) is 8.39. The van der Waals surface area contributed by atoms with Crippen LogP contribution in [0.1, 0.15) is 45.4 Å². The topological polar surface area (TPSA) is 3.24 Å². The second-order valence-corrected chi connectivity index (χ2v) is 3.79. The van der Waals surface area contributed by atoms with Crippen molar-refractivity contribution in [2.24, 2.45) is 0 Å². The van der Waals surface area contributed by atoms with Gasteiger partial charge < -0.3 is 4.90 Å². The van der Waals surface area contributed by atoms with Crippen LogP contribution in [0, 0.1) is 6.42 Å². The lowest BCUT2D eigenvalue weighted by molar-refractivity contribution is 0.257. The van der Waals surface area contributed by atoms with Crippen molar-refractivity contribution in [3.05, 3.63) is 6.42 Å². The molecule has 0 N–H and O–H groups in total. The van der Waals surface area contributed by atoms with Gasteiger partial charge in [-0.15, -0.1) is 0 Å². The van der Waals surface area contributed by atoms with Gasteiger partial charge in [0.1, 0.15) is 0 Å². The number of likely N-dealkylation sites (tertiary alicyclic amines) is 1. The van der Waals surface area contributed by atoms with Crippen LogP contribution in [0.2, 0.25) is 0 Å². The molecular weight excluding hydrogens is 146 g/mol. The molecule has 1 saturated heterocycles. The van der Waals surface area contributed by atoms with E-state index >= 15 is 0 Å². The van der Waals surface area contributed by atoms with E-state index in [0.29, 0.717) is 0 Å². The Labute approximate surface area is 77.1 Å². The number of unbranched alkanes of at least 4 members (excludes halogenated alkanes) is 3. The summed E-state index contributed by atoms with van der Waals surface area (Å²) in [4.78, 5) is 2.58. The molecule has 0 bridgehead atoms. The fraction of sp³-hybridized carbons (Fsp3) is 0.909. The Kier molecular flexibility index (Phi) is 5.42. The first-order valence-electron chi connectivity index (χ1n) is 5.47. The van der Waals surface area contributed by atoms with Gasteiger partial charge >= 0.3 is 0 Å². The van der Waals surface area contributed by atoms with E-state index in [9.17, 15) is 0 Å². The van der Waals surface area contributed by atoms with Crippen LogP contribution < -0.4 is 0 Å². The molecule has 0 aromatic heterocycles. The average molecular weight is 168 g/mol. The summed E-state index contributed by atoms with van der Waals surface area (Å²) in [6.45, 7) is 6.18. The molecule has 0 aromatic carbocycles. The Bertz CT molecular complexity index is 95.2. The van der Waals surface area contributed by atoms with Gasteiger partial charge in [0.05, 0.1) is 0 Å². The quantitative estimate of drug-likeness (QED) is 0.571. The van der Waals surface area contributed by atoms with Crippen LogP contribution in [0.4, 0.5) is 0 Å². The molecule has 1 aliphatic heterocycles. The van der Waals surface area contributed by atoms with Crippen molar-refractivity contribution in [1.29, 1.82) is 0 Å². The Hall–Kier alpha value is -0.0400. The van der Waals surface area contributed by atoms with E-state index < -0.39 is 0 Å². The van der Waals surface area contributed by atoms with Crippen molar-refractivity contribution >= 4 is 0 Å². The van der Waals surface area contributed by atoms with Gasteiger partial charge in [-0.3, -0.25) is 0 Å². The minimum Gasteiger partial charge on any atom is -0.303 e. The predicted molar refractivity (Wildman–Crippen MR) is 54.1 cm³/mol. The highest BCUT2D eigenvalue weighted by atomic mass is 15.1. The molecule has 0 unspecified atom stereocenters. The molecule has 0 aromatic rings. The minimum atomic E-state index is 1.24. The summed E-state index contributed by atoms with van der Waals surface area (Å²) in [6.07, 6.45) is 10.7. The zero-order valence-corrected chi connectivity index (χ0v) is 8.39. The van der Waals surface area contributed by atoms with Gasteiger partial charge in [0, 0.05) is 6.54 Å². The maximum absolute atomic E-state index is 2.58. The lowest BCUT2D eigenvalue weighted by Crippen LogP contribution is -2.30. The molecule has 71 valence electrons. The van der Waals surface area contributed by atoms with E-state index in [-0.39, 0.29) is 0 Å². The van der Waals surface area contributed by atoms with Crippen LogP contribution in [0.3, 0.4) is 0 Å². The Balaban J connectivity index is 1.91. The number of piperidine rings is 1. The third-order valence-corrected chi connectivity index (χ3v) is 2.60. The van der Waals surface area contributed by atoms with Crippen molar-refractivity contribution in [1.82, 2.24) is 4.90 Å². The number of hydrogen-bond acceptors (Lipinski definition) is 1. The van der Waals surface area contributed by atoms with E-state index in [4.69, 9.17) is 0 Å². The highest BCUT2D eigenvalue weighted by Crippen LogP contribution is 2.09. The number of nitrogens with zero attached hydrogens (tertiary/aromatic N) is 1. The van der Waals surface area contributed by atoms with E-state index in [1.807, 2.05) is 0 Å². The summed E-state index contributed by atoms with van der Waals surface area (Å²) in [6, 6.07) is 0. The maximum Gasteiger partial charge on any atom is 0.00128 e. The third kappa shape index (κ3) is 4.10. The summed E-state index contributed by atoms with van der Waals surface area (Å²) < 4.78 is 0. The molecule has 1 rings (SSSR count). The molecule has 1 nitrogen and oxygen atoms in total. The second kappa shape index (κ2) is 6.47. The monoisotopic (exact) mass is 168 g/mol. The van der Waals surface area contributed by atoms with Gasteiger partial charge in [-0.05, 0) is 38.8 Å². The Morgan fingerprint density at radius 1 is 1.25 bits per heavy atom. The van der Waals surface area contributed by atoms with Crippen molar-refractivity contribution in [2.75, 3.05) is 19.6 Å².